The second kappa shape index (κ2) is 5.86. The third kappa shape index (κ3) is 2.54. The summed E-state index contributed by atoms with van der Waals surface area (Å²) in [5.41, 5.74) is 3.43. The van der Waals surface area contributed by atoms with Crippen molar-refractivity contribution in [1.82, 2.24) is 5.32 Å². The molecule has 110 valence electrons. The van der Waals surface area contributed by atoms with E-state index in [4.69, 9.17) is 4.74 Å². The number of halogens is 1. The van der Waals surface area contributed by atoms with Crippen molar-refractivity contribution in [2.45, 2.75) is 24.8 Å². The summed E-state index contributed by atoms with van der Waals surface area (Å²) < 4.78 is 19.5. The quantitative estimate of drug-likeness (QED) is 0.922. The van der Waals surface area contributed by atoms with Gasteiger partial charge in [-0.2, -0.15) is 0 Å². The van der Waals surface area contributed by atoms with Crippen LogP contribution in [0.3, 0.4) is 0 Å². The molecule has 1 aliphatic carbocycles. The summed E-state index contributed by atoms with van der Waals surface area (Å²) in [7, 11) is 3.45. The minimum Gasteiger partial charge on any atom is -0.497 e. The Hall–Kier alpha value is -1.87. The Morgan fingerprint density at radius 3 is 2.76 bits per heavy atom. The van der Waals surface area contributed by atoms with E-state index in [0.29, 0.717) is 17.2 Å². The molecule has 2 unspecified atom stereocenters. The molecule has 1 N–H and O–H groups in total. The molecule has 0 saturated carbocycles. The van der Waals surface area contributed by atoms with Crippen molar-refractivity contribution in [2.75, 3.05) is 14.2 Å². The summed E-state index contributed by atoms with van der Waals surface area (Å²) in [4.78, 5) is 0. The number of hydrogen-bond donors (Lipinski definition) is 1. The van der Waals surface area contributed by atoms with Crippen molar-refractivity contribution < 1.29 is 9.13 Å². The van der Waals surface area contributed by atoms with Gasteiger partial charge in [-0.3, -0.25) is 0 Å². The lowest BCUT2D eigenvalue weighted by atomic mass is 9.88. The van der Waals surface area contributed by atoms with Gasteiger partial charge < -0.3 is 10.1 Å². The van der Waals surface area contributed by atoms with Crippen LogP contribution in [0.4, 0.5) is 4.39 Å². The van der Waals surface area contributed by atoms with Gasteiger partial charge in [0.25, 0.3) is 0 Å². The van der Waals surface area contributed by atoms with Crippen LogP contribution >= 0.6 is 0 Å². The highest BCUT2D eigenvalue weighted by molar-refractivity contribution is 5.39. The summed E-state index contributed by atoms with van der Waals surface area (Å²) in [6.45, 7) is 0. The normalized spacial score (nSPS) is 18.3. The Morgan fingerprint density at radius 1 is 1.24 bits per heavy atom. The van der Waals surface area contributed by atoms with Crippen LogP contribution in [0.15, 0.2) is 42.5 Å². The Labute approximate surface area is 125 Å². The van der Waals surface area contributed by atoms with E-state index in [-0.39, 0.29) is 11.9 Å². The Balaban J connectivity index is 1.97. The molecular formula is C18H20FNO. The monoisotopic (exact) mass is 285 g/mol. The van der Waals surface area contributed by atoms with Crippen molar-refractivity contribution >= 4 is 0 Å². The average Bonchev–Trinajstić information content (AvgIpc) is 2.94. The van der Waals surface area contributed by atoms with Crippen LogP contribution in [-0.4, -0.2) is 14.2 Å². The summed E-state index contributed by atoms with van der Waals surface area (Å²) >= 11 is 0. The van der Waals surface area contributed by atoms with Crippen LogP contribution in [0.25, 0.3) is 0 Å². The van der Waals surface area contributed by atoms with E-state index in [1.165, 1.54) is 17.2 Å². The van der Waals surface area contributed by atoms with Gasteiger partial charge in [0.1, 0.15) is 11.6 Å². The summed E-state index contributed by atoms with van der Waals surface area (Å²) in [5.74, 6) is 0.658. The van der Waals surface area contributed by atoms with Crippen LogP contribution in [-0.2, 0) is 6.42 Å². The van der Waals surface area contributed by atoms with Gasteiger partial charge in [-0.15, -0.1) is 0 Å². The van der Waals surface area contributed by atoms with Gasteiger partial charge in [-0.25, -0.2) is 4.39 Å². The van der Waals surface area contributed by atoms with Gasteiger partial charge in [0, 0.05) is 23.6 Å². The molecule has 0 bridgehead atoms. The van der Waals surface area contributed by atoms with Crippen molar-refractivity contribution in [3.8, 4) is 5.75 Å². The average molecular weight is 285 g/mol. The third-order valence-corrected chi connectivity index (χ3v) is 4.44. The van der Waals surface area contributed by atoms with E-state index in [1.807, 2.05) is 19.2 Å². The van der Waals surface area contributed by atoms with Gasteiger partial charge in [0.2, 0.25) is 0 Å². The maximum atomic E-state index is 14.4. The number of fused-ring (bicyclic) bond motifs is 1. The van der Waals surface area contributed by atoms with Crippen molar-refractivity contribution in [2.24, 2.45) is 0 Å². The third-order valence-electron chi connectivity index (χ3n) is 4.44. The Kier molecular flexibility index (Phi) is 3.93. The number of likely N-dealkylation sites (N-methyl/N-ethyl adjacent to an activating group) is 1. The van der Waals surface area contributed by atoms with E-state index in [2.05, 4.69) is 29.6 Å². The predicted octanol–water partition coefficient (Wildman–Crippen LogP) is 3.82. The van der Waals surface area contributed by atoms with Gasteiger partial charge in [0.05, 0.1) is 7.11 Å². The largest absolute Gasteiger partial charge is 0.497 e. The Morgan fingerprint density at radius 2 is 2.05 bits per heavy atom. The number of ether oxygens (including phenoxy) is 1. The van der Waals surface area contributed by atoms with Gasteiger partial charge in [-0.1, -0.05) is 30.3 Å². The minimum absolute atomic E-state index is 0.0143. The fraction of sp³-hybridized carbons (Fsp3) is 0.333. The first-order valence-corrected chi connectivity index (χ1v) is 7.33. The lowest BCUT2D eigenvalue weighted by Gasteiger charge is -2.25. The van der Waals surface area contributed by atoms with Gasteiger partial charge in [-0.05, 0) is 37.1 Å². The first kappa shape index (κ1) is 14.1. The molecule has 3 heteroatoms. The number of benzene rings is 2. The molecule has 0 aliphatic heterocycles. The van der Waals surface area contributed by atoms with Gasteiger partial charge >= 0.3 is 0 Å². The van der Waals surface area contributed by atoms with E-state index >= 15 is 0 Å². The standard InChI is InChI=1S/C18H20FNO/c1-20-18(16-10-8-13(21-2)11-17(16)19)15-9-7-12-5-3-4-6-14(12)15/h3-6,8,10-11,15,18,20H,7,9H2,1-2H3. The molecule has 3 rings (SSSR count). The lowest BCUT2D eigenvalue weighted by Crippen LogP contribution is -2.23. The molecule has 2 atom stereocenters. The number of nitrogens with one attached hydrogen (secondary N) is 1. The molecule has 0 amide bonds. The molecule has 0 spiro atoms. The van der Waals surface area contributed by atoms with E-state index in [9.17, 15) is 4.39 Å². The topological polar surface area (TPSA) is 21.3 Å². The molecule has 0 aromatic heterocycles. The number of aryl methyl sites for hydroxylation is 1. The molecule has 1 aliphatic rings. The molecular weight excluding hydrogens is 265 g/mol. The zero-order valence-corrected chi connectivity index (χ0v) is 12.4. The highest BCUT2D eigenvalue weighted by Gasteiger charge is 2.31. The fourth-order valence-electron chi connectivity index (χ4n) is 3.40. The molecule has 2 nitrogen and oxygen atoms in total. The maximum Gasteiger partial charge on any atom is 0.131 e. The second-order valence-corrected chi connectivity index (χ2v) is 5.50. The second-order valence-electron chi connectivity index (χ2n) is 5.50. The molecule has 0 heterocycles. The van der Waals surface area contributed by atoms with Crippen LogP contribution in [0.5, 0.6) is 5.75 Å². The molecule has 2 aromatic rings. The van der Waals surface area contributed by atoms with E-state index in [0.717, 1.165) is 12.8 Å². The highest BCUT2D eigenvalue weighted by Crippen LogP contribution is 2.42. The predicted molar refractivity (Wildman–Crippen MR) is 82.3 cm³/mol. The summed E-state index contributed by atoms with van der Waals surface area (Å²) in [6.07, 6.45) is 2.12. The Bertz CT molecular complexity index is 641. The number of hydrogen-bond acceptors (Lipinski definition) is 2. The van der Waals surface area contributed by atoms with Crippen molar-refractivity contribution in [3.63, 3.8) is 0 Å². The molecule has 0 saturated heterocycles. The number of rotatable bonds is 4. The molecule has 21 heavy (non-hydrogen) atoms. The first-order chi connectivity index (χ1) is 10.2. The highest BCUT2D eigenvalue weighted by atomic mass is 19.1. The molecule has 0 radical (unpaired) electrons. The van der Waals surface area contributed by atoms with Crippen LogP contribution in [0.1, 0.15) is 35.1 Å². The summed E-state index contributed by atoms with van der Waals surface area (Å²) in [5, 5.41) is 3.30. The zero-order chi connectivity index (χ0) is 14.8. The number of methoxy groups -OCH3 is 1. The van der Waals surface area contributed by atoms with Crippen molar-refractivity contribution in [1.29, 1.82) is 0 Å². The van der Waals surface area contributed by atoms with Crippen LogP contribution < -0.4 is 10.1 Å². The van der Waals surface area contributed by atoms with Crippen LogP contribution in [0, 0.1) is 5.82 Å². The SMILES string of the molecule is CNC(c1ccc(OC)cc1F)C1CCc2ccccc21. The molecule has 0 fully saturated rings. The van der Waals surface area contributed by atoms with Crippen LogP contribution in [0.2, 0.25) is 0 Å². The van der Waals surface area contributed by atoms with E-state index in [1.54, 1.807) is 7.11 Å². The van der Waals surface area contributed by atoms with E-state index < -0.39 is 0 Å². The zero-order valence-electron chi connectivity index (χ0n) is 12.4. The fourth-order valence-corrected chi connectivity index (χ4v) is 3.40. The molecule has 2 aromatic carbocycles. The lowest BCUT2D eigenvalue weighted by molar-refractivity contribution is 0.406. The van der Waals surface area contributed by atoms with Crippen molar-refractivity contribution in [3.05, 3.63) is 65.0 Å². The maximum absolute atomic E-state index is 14.4. The smallest absolute Gasteiger partial charge is 0.131 e. The summed E-state index contributed by atoms with van der Waals surface area (Å²) in [6, 6.07) is 13.6. The van der Waals surface area contributed by atoms with Gasteiger partial charge in [0.15, 0.2) is 0 Å². The first-order valence-electron chi connectivity index (χ1n) is 7.33. The minimum atomic E-state index is -0.210.